The molecule has 12 rings (SSSR count). The van der Waals surface area contributed by atoms with Crippen molar-refractivity contribution in [1.82, 2.24) is 0 Å². The first-order valence-corrected chi connectivity index (χ1v) is 20.9. The van der Waals surface area contributed by atoms with Crippen LogP contribution in [0.1, 0.15) is 43.2 Å². The molecule has 2 nitrogen and oxygen atoms in total. The third-order valence-corrected chi connectivity index (χ3v) is 14.4. The molecular weight excluding hydrogens is 685 g/mol. The summed E-state index contributed by atoms with van der Waals surface area (Å²) in [5, 5.41) is 2.66. The molecule has 4 fully saturated rings. The number of fused-ring (bicyclic) bond motifs is 3. The predicted molar refractivity (Wildman–Crippen MR) is 233 cm³/mol. The van der Waals surface area contributed by atoms with E-state index in [1.54, 1.807) is 0 Å². The zero-order chi connectivity index (χ0) is 36.3. The van der Waals surface area contributed by atoms with Crippen molar-refractivity contribution in [2.24, 2.45) is 23.7 Å². The Morgan fingerprint density at radius 3 is 1.27 bits per heavy atom. The maximum atomic E-state index is 2.50. The monoisotopic (exact) mass is 728 g/mol. The first-order chi connectivity index (χ1) is 27.2. The molecule has 268 valence electrons. The van der Waals surface area contributed by atoms with Crippen molar-refractivity contribution in [3.8, 4) is 0 Å². The summed E-state index contributed by atoms with van der Waals surface area (Å²) in [6, 6.07) is 67.8. The van der Waals surface area contributed by atoms with E-state index in [0.29, 0.717) is 11.8 Å². The SMILES string of the molecule is c1ccc(N(c2ccccc2)c2ccc(C3(c4ccc(N(c5ccccc5)c5ccc6sc7ccccc7c6c5)cc4)C4CC5CC(C4)CC3C5)cc2)cc1. The van der Waals surface area contributed by atoms with Gasteiger partial charge in [-0.3, -0.25) is 0 Å². The maximum Gasteiger partial charge on any atom is 0.0468 e. The minimum atomic E-state index is 0.0148. The van der Waals surface area contributed by atoms with E-state index in [2.05, 4.69) is 192 Å². The number of benzene rings is 7. The largest absolute Gasteiger partial charge is 0.311 e. The van der Waals surface area contributed by atoms with Crippen molar-refractivity contribution < 1.29 is 0 Å². The fraction of sp³-hybridized carbons (Fsp3) is 0.192. The number of rotatable bonds is 8. The highest BCUT2D eigenvalue weighted by atomic mass is 32.1. The van der Waals surface area contributed by atoms with Crippen LogP contribution in [0.5, 0.6) is 0 Å². The van der Waals surface area contributed by atoms with Crippen LogP contribution in [-0.2, 0) is 5.41 Å². The van der Waals surface area contributed by atoms with Gasteiger partial charge in [-0.05, 0) is 152 Å². The molecule has 0 aliphatic heterocycles. The highest BCUT2D eigenvalue weighted by Gasteiger charge is 2.58. The van der Waals surface area contributed by atoms with Crippen LogP contribution >= 0.6 is 11.3 Å². The number of thiophene rings is 1. The van der Waals surface area contributed by atoms with Gasteiger partial charge in [0.15, 0.2) is 0 Å². The average Bonchev–Trinajstić information content (AvgIpc) is 3.61. The molecule has 1 aromatic heterocycles. The molecule has 0 N–H and O–H groups in total. The van der Waals surface area contributed by atoms with Crippen molar-refractivity contribution in [2.75, 3.05) is 9.80 Å². The molecule has 4 aliphatic rings. The van der Waals surface area contributed by atoms with Gasteiger partial charge in [-0.1, -0.05) is 97.1 Å². The van der Waals surface area contributed by atoms with E-state index in [1.807, 2.05) is 11.3 Å². The van der Waals surface area contributed by atoms with Gasteiger partial charge in [0.2, 0.25) is 0 Å². The van der Waals surface area contributed by atoms with Crippen molar-refractivity contribution in [3.63, 3.8) is 0 Å². The molecule has 55 heavy (non-hydrogen) atoms. The fourth-order valence-electron chi connectivity index (χ4n) is 11.3. The quantitative estimate of drug-likeness (QED) is 0.154. The molecule has 7 aromatic carbocycles. The minimum Gasteiger partial charge on any atom is -0.311 e. The van der Waals surface area contributed by atoms with E-state index in [0.717, 1.165) is 11.8 Å². The van der Waals surface area contributed by atoms with E-state index >= 15 is 0 Å². The van der Waals surface area contributed by atoms with Crippen LogP contribution in [0.25, 0.3) is 20.2 Å². The summed E-state index contributed by atoms with van der Waals surface area (Å²) in [4.78, 5) is 4.83. The second kappa shape index (κ2) is 13.3. The Morgan fingerprint density at radius 2 is 0.764 bits per heavy atom. The van der Waals surface area contributed by atoms with Gasteiger partial charge in [0.1, 0.15) is 0 Å². The smallest absolute Gasteiger partial charge is 0.0468 e. The Hall–Kier alpha value is -5.64. The van der Waals surface area contributed by atoms with Crippen molar-refractivity contribution in [1.29, 1.82) is 0 Å². The Kier molecular flexibility index (Phi) is 7.91. The molecule has 3 heteroatoms. The van der Waals surface area contributed by atoms with Gasteiger partial charge >= 0.3 is 0 Å². The topological polar surface area (TPSA) is 6.48 Å². The zero-order valence-corrected chi connectivity index (χ0v) is 31.8. The first kappa shape index (κ1) is 32.8. The van der Waals surface area contributed by atoms with Crippen LogP contribution in [0.4, 0.5) is 34.1 Å². The molecule has 0 spiro atoms. The van der Waals surface area contributed by atoms with Crippen LogP contribution in [0.15, 0.2) is 182 Å². The summed E-state index contributed by atoms with van der Waals surface area (Å²) in [7, 11) is 0. The molecule has 0 radical (unpaired) electrons. The van der Waals surface area contributed by atoms with E-state index in [4.69, 9.17) is 0 Å². The van der Waals surface area contributed by atoms with Crippen molar-refractivity contribution in [3.05, 3.63) is 193 Å². The lowest BCUT2D eigenvalue weighted by Crippen LogP contribution is -2.56. The van der Waals surface area contributed by atoms with Gasteiger partial charge in [-0.15, -0.1) is 11.3 Å². The van der Waals surface area contributed by atoms with Gasteiger partial charge in [0.05, 0.1) is 0 Å². The lowest BCUT2D eigenvalue weighted by atomic mass is 9.42. The van der Waals surface area contributed by atoms with Gasteiger partial charge in [-0.2, -0.15) is 0 Å². The first-order valence-electron chi connectivity index (χ1n) is 20.1. The maximum absolute atomic E-state index is 2.50. The summed E-state index contributed by atoms with van der Waals surface area (Å²) >= 11 is 1.88. The van der Waals surface area contributed by atoms with Gasteiger partial charge in [0.25, 0.3) is 0 Å². The number of hydrogen-bond acceptors (Lipinski definition) is 3. The number of anilines is 6. The number of hydrogen-bond donors (Lipinski definition) is 0. The summed E-state index contributed by atoms with van der Waals surface area (Å²) < 4.78 is 2.67. The molecule has 4 bridgehead atoms. The Balaban J connectivity index is 1.02. The summed E-state index contributed by atoms with van der Waals surface area (Å²) in [6.07, 6.45) is 6.84. The summed E-state index contributed by atoms with van der Waals surface area (Å²) in [6.45, 7) is 0. The standard InChI is InChI=1S/C52H44N2S/c1-4-12-42(13-5-1)53(43-14-6-2-7-15-43)45-24-20-38(21-25-45)52(40-31-36-30-37(33-40)34-41(52)32-36)39-22-26-46(27-23-39)54(44-16-8-3-9-17-44)47-28-29-51-49(35-47)48-18-10-11-19-50(48)55-51/h1-29,35-37,40-41H,30-34H2. The highest BCUT2D eigenvalue weighted by molar-refractivity contribution is 7.25. The summed E-state index contributed by atoms with van der Waals surface area (Å²) in [5.74, 6) is 3.11. The molecule has 4 aliphatic carbocycles. The zero-order valence-electron chi connectivity index (χ0n) is 31.0. The Labute approximate surface area is 328 Å². The summed E-state index contributed by atoms with van der Waals surface area (Å²) in [5.41, 5.74) is 10.1. The lowest BCUT2D eigenvalue weighted by Gasteiger charge is -2.62. The van der Waals surface area contributed by atoms with Crippen molar-refractivity contribution in [2.45, 2.75) is 37.5 Å². The normalized spacial score (nSPS) is 22.6. The molecule has 0 atom stereocenters. The van der Waals surface area contributed by atoms with Crippen LogP contribution in [0, 0.1) is 23.7 Å². The average molecular weight is 729 g/mol. The molecule has 4 saturated carbocycles. The van der Waals surface area contributed by atoms with Gasteiger partial charge in [-0.25, -0.2) is 0 Å². The third-order valence-electron chi connectivity index (χ3n) is 13.3. The van der Waals surface area contributed by atoms with Gasteiger partial charge in [0, 0.05) is 59.7 Å². The van der Waals surface area contributed by atoms with Gasteiger partial charge < -0.3 is 9.80 Å². The van der Waals surface area contributed by atoms with E-state index in [-0.39, 0.29) is 5.41 Å². The molecule has 0 unspecified atom stereocenters. The molecule has 8 aromatic rings. The second-order valence-corrected chi connectivity index (χ2v) is 17.3. The molecular formula is C52H44N2S. The minimum absolute atomic E-state index is 0.0148. The Bertz CT molecular complexity index is 2530. The highest BCUT2D eigenvalue weighted by Crippen LogP contribution is 2.65. The van der Waals surface area contributed by atoms with Crippen LogP contribution in [0.2, 0.25) is 0 Å². The Morgan fingerprint density at radius 1 is 0.364 bits per heavy atom. The second-order valence-electron chi connectivity index (χ2n) is 16.2. The lowest BCUT2D eigenvalue weighted by molar-refractivity contribution is -0.0418. The number of para-hydroxylation sites is 3. The predicted octanol–water partition coefficient (Wildman–Crippen LogP) is 14.7. The fourth-order valence-corrected chi connectivity index (χ4v) is 12.4. The molecule has 1 heterocycles. The van der Waals surface area contributed by atoms with E-state index in [9.17, 15) is 0 Å². The van der Waals surface area contributed by atoms with Crippen molar-refractivity contribution >= 4 is 65.6 Å². The van der Waals surface area contributed by atoms with Crippen LogP contribution in [0.3, 0.4) is 0 Å². The molecule has 0 saturated heterocycles. The van der Waals surface area contributed by atoms with Crippen LogP contribution < -0.4 is 9.80 Å². The molecule has 0 amide bonds. The third kappa shape index (κ3) is 5.43. The van der Waals surface area contributed by atoms with E-state index < -0.39 is 0 Å². The number of nitrogens with zero attached hydrogens (tertiary/aromatic N) is 2. The van der Waals surface area contributed by atoms with E-state index in [1.165, 1.54) is 97.5 Å². The van der Waals surface area contributed by atoms with Crippen LogP contribution in [-0.4, -0.2) is 0 Å².